The molecule has 3 aromatic rings. The number of benzene rings is 1. The number of hydrogen-bond acceptors (Lipinski definition) is 9. The fourth-order valence-electron chi connectivity index (χ4n) is 7.89. The molecule has 4 atom stereocenters. The number of pyridine rings is 1. The van der Waals surface area contributed by atoms with Crippen LogP contribution in [-0.4, -0.2) is 81.5 Å². The molecule has 44 heavy (non-hydrogen) atoms. The van der Waals surface area contributed by atoms with Gasteiger partial charge in [0.1, 0.15) is 23.8 Å². The van der Waals surface area contributed by atoms with Crippen molar-refractivity contribution in [3.63, 3.8) is 0 Å². The average molecular weight is 636 g/mol. The van der Waals surface area contributed by atoms with Crippen LogP contribution in [0.15, 0.2) is 12.1 Å². The summed E-state index contributed by atoms with van der Waals surface area (Å²) < 4.78 is 65.6. The van der Waals surface area contributed by atoms with Crippen LogP contribution in [0.5, 0.6) is 6.01 Å². The number of nitrogen functional groups attached to an aromatic ring is 1. The lowest BCUT2D eigenvalue weighted by Crippen LogP contribution is -2.51. The van der Waals surface area contributed by atoms with Crippen LogP contribution in [0.2, 0.25) is 5.02 Å². The topological polar surface area (TPSA) is 113 Å². The van der Waals surface area contributed by atoms with Crippen LogP contribution in [0.3, 0.4) is 0 Å². The smallest absolute Gasteiger partial charge is 0.418 e. The molecule has 9 nitrogen and oxygen atoms in total. The number of nitrogens with zero attached hydrogens (tertiary/aromatic N) is 5. The third kappa shape index (κ3) is 4.92. The lowest BCUT2D eigenvalue weighted by atomic mass is 9.95. The largest absolute Gasteiger partial charge is 0.461 e. The zero-order valence-corrected chi connectivity index (χ0v) is 25.0. The first-order chi connectivity index (χ1) is 21.0. The maximum Gasteiger partial charge on any atom is 0.418 e. The number of nitrogens with two attached hydrogens (primary N) is 1. The molecule has 4 saturated heterocycles. The van der Waals surface area contributed by atoms with E-state index >= 15 is 4.39 Å². The summed E-state index contributed by atoms with van der Waals surface area (Å²) >= 11 is 6.59. The fourth-order valence-corrected chi connectivity index (χ4v) is 8.18. The summed E-state index contributed by atoms with van der Waals surface area (Å²) in [6.45, 7) is 3.65. The van der Waals surface area contributed by atoms with Gasteiger partial charge in [0.2, 0.25) is 0 Å². The van der Waals surface area contributed by atoms with E-state index in [1.807, 2.05) is 4.90 Å². The second-order valence-corrected chi connectivity index (χ2v) is 13.0. The Morgan fingerprint density at radius 3 is 2.59 bits per heavy atom. The zero-order chi connectivity index (χ0) is 31.0. The Kier molecular flexibility index (Phi) is 7.30. The van der Waals surface area contributed by atoms with E-state index in [0.29, 0.717) is 18.9 Å². The van der Waals surface area contributed by atoms with Gasteiger partial charge in [-0.15, -0.1) is 0 Å². The maximum absolute atomic E-state index is 16.6. The summed E-state index contributed by atoms with van der Waals surface area (Å²) in [5, 5.41) is 13.5. The molecule has 2 aromatic heterocycles. The third-order valence-corrected chi connectivity index (χ3v) is 10.1. The van der Waals surface area contributed by atoms with E-state index in [0.717, 1.165) is 51.1 Å². The first-order valence-electron chi connectivity index (χ1n) is 15.0. The summed E-state index contributed by atoms with van der Waals surface area (Å²) in [4.78, 5) is 17.4. The molecular weight excluding hydrogens is 602 g/mol. The standard InChI is InChI=1S/C30H34ClF4N7O2/c1-15-9-21(36)38-26(23(15)30(33,34)35)22-20(31)10-19-25(24(22)32)39-28(40-27(19)41-11-16-3-4-17(12-41)37-16)44-14-29-6-2-8-42(29)18(13-43)5-7-29/h9-10,16-18,37,43H,2-8,11-14H2,1H3,(H2,36,38)/t16?,17?,18-,29?/m0/s1. The Balaban J connectivity index is 1.36. The van der Waals surface area contributed by atoms with Gasteiger partial charge in [0.15, 0.2) is 5.82 Å². The molecular formula is C30H34ClF4N7O2. The number of aliphatic hydroxyl groups excluding tert-OH is 1. The van der Waals surface area contributed by atoms with Gasteiger partial charge in [-0.1, -0.05) is 11.6 Å². The van der Waals surface area contributed by atoms with Crippen molar-refractivity contribution in [2.24, 2.45) is 0 Å². The van der Waals surface area contributed by atoms with Gasteiger partial charge in [-0.25, -0.2) is 9.37 Å². The second kappa shape index (κ2) is 10.8. The van der Waals surface area contributed by atoms with Crippen molar-refractivity contribution in [1.29, 1.82) is 0 Å². The van der Waals surface area contributed by atoms with Gasteiger partial charge in [-0.3, -0.25) is 4.90 Å². The lowest BCUT2D eigenvalue weighted by molar-refractivity contribution is -0.137. The van der Waals surface area contributed by atoms with Crippen LogP contribution in [0.4, 0.5) is 29.2 Å². The predicted octanol–water partition coefficient (Wildman–Crippen LogP) is 4.70. The van der Waals surface area contributed by atoms with E-state index in [9.17, 15) is 18.3 Å². The number of ether oxygens (including phenoxy) is 1. The molecule has 4 N–H and O–H groups in total. The first-order valence-corrected chi connectivity index (χ1v) is 15.4. The number of fused-ring (bicyclic) bond motifs is 4. The molecule has 0 saturated carbocycles. The highest BCUT2D eigenvalue weighted by molar-refractivity contribution is 6.34. The van der Waals surface area contributed by atoms with E-state index in [4.69, 9.17) is 27.1 Å². The Bertz CT molecular complexity index is 1610. The lowest BCUT2D eigenvalue weighted by Gasteiger charge is -2.35. The minimum absolute atomic E-state index is 0.0600. The van der Waals surface area contributed by atoms with Crippen LogP contribution in [0, 0.1) is 12.7 Å². The number of aromatic nitrogens is 3. The van der Waals surface area contributed by atoms with Crippen molar-refractivity contribution in [3.05, 3.63) is 34.1 Å². The van der Waals surface area contributed by atoms with Gasteiger partial charge in [-0.05, 0) is 69.7 Å². The minimum Gasteiger partial charge on any atom is -0.461 e. The van der Waals surface area contributed by atoms with Gasteiger partial charge in [0.05, 0.1) is 34.0 Å². The highest BCUT2D eigenvalue weighted by atomic mass is 35.5. The van der Waals surface area contributed by atoms with E-state index in [1.54, 1.807) is 0 Å². The van der Waals surface area contributed by atoms with Gasteiger partial charge in [-0.2, -0.15) is 23.1 Å². The van der Waals surface area contributed by atoms with Crippen molar-refractivity contribution in [1.82, 2.24) is 25.2 Å². The third-order valence-electron chi connectivity index (χ3n) is 9.83. The fraction of sp³-hybridized carbons (Fsp3) is 0.567. The van der Waals surface area contributed by atoms with Crippen molar-refractivity contribution in [2.45, 2.75) is 75.3 Å². The summed E-state index contributed by atoms with van der Waals surface area (Å²) in [6.07, 6.45) is 0.705. The molecule has 3 unspecified atom stereocenters. The average Bonchev–Trinajstić information content (AvgIpc) is 3.63. The molecule has 14 heteroatoms. The number of piperazine rings is 1. The number of halogens is 5. The maximum atomic E-state index is 16.6. The molecule has 4 fully saturated rings. The zero-order valence-electron chi connectivity index (χ0n) is 24.2. The Labute approximate surface area is 256 Å². The number of aliphatic hydroxyl groups is 1. The molecule has 4 aliphatic heterocycles. The molecule has 1 aromatic carbocycles. The van der Waals surface area contributed by atoms with Crippen molar-refractivity contribution >= 4 is 34.1 Å². The summed E-state index contributed by atoms with van der Waals surface area (Å²) in [6, 6.07) is 2.98. The molecule has 6 heterocycles. The van der Waals surface area contributed by atoms with Crippen LogP contribution < -0.4 is 20.7 Å². The molecule has 2 bridgehead atoms. The normalized spacial score (nSPS) is 27.0. The van der Waals surface area contributed by atoms with Gasteiger partial charge in [0.25, 0.3) is 0 Å². The van der Waals surface area contributed by atoms with Crippen molar-refractivity contribution in [3.8, 4) is 17.3 Å². The van der Waals surface area contributed by atoms with E-state index in [2.05, 4.69) is 20.2 Å². The summed E-state index contributed by atoms with van der Waals surface area (Å²) in [5.41, 5.74) is 2.82. The van der Waals surface area contributed by atoms with Gasteiger partial charge < -0.3 is 25.8 Å². The highest BCUT2D eigenvalue weighted by Gasteiger charge is 2.49. The summed E-state index contributed by atoms with van der Waals surface area (Å²) in [7, 11) is 0. The van der Waals surface area contributed by atoms with E-state index in [1.165, 1.54) is 13.0 Å². The molecule has 0 aliphatic carbocycles. The number of nitrogens with one attached hydrogen (secondary N) is 1. The van der Waals surface area contributed by atoms with Crippen LogP contribution in [0.25, 0.3) is 22.2 Å². The van der Waals surface area contributed by atoms with E-state index < -0.39 is 28.8 Å². The number of rotatable bonds is 6. The Hall–Kier alpha value is -3.00. The Morgan fingerprint density at radius 2 is 1.89 bits per heavy atom. The van der Waals surface area contributed by atoms with E-state index in [-0.39, 0.29) is 70.2 Å². The molecule has 7 rings (SSSR count). The first kappa shape index (κ1) is 29.7. The quantitative estimate of drug-likeness (QED) is 0.332. The SMILES string of the molecule is Cc1cc(N)nc(-c2c(Cl)cc3c(N4CC5CCC(C4)N5)nc(OCC45CCCN4[C@H](CO)CC5)nc3c2F)c1C(F)(F)F. The van der Waals surface area contributed by atoms with Crippen molar-refractivity contribution in [2.75, 3.05) is 43.5 Å². The second-order valence-electron chi connectivity index (χ2n) is 12.6. The molecule has 0 amide bonds. The summed E-state index contributed by atoms with van der Waals surface area (Å²) in [5.74, 6) is -0.823. The number of anilines is 2. The number of aryl methyl sites for hydroxylation is 1. The molecule has 0 spiro atoms. The monoisotopic (exact) mass is 635 g/mol. The number of alkyl halides is 3. The van der Waals surface area contributed by atoms with Crippen LogP contribution in [-0.2, 0) is 6.18 Å². The number of hydrogen-bond donors (Lipinski definition) is 3. The highest BCUT2D eigenvalue weighted by Crippen LogP contribution is 2.46. The molecule has 236 valence electrons. The van der Waals surface area contributed by atoms with Crippen LogP contribution in [0.1, 0.15) is 49.7 Å². The Morgan fingerprint density at radius 1 is 1.14 bits per heavy atom. The van der Waals surface area contributed by atoms with Gasteiger partial charge >= 0.3 is 12.2 Å². The predicted molar refractivity (Wildman–Crippen MR) is 158 cm³/mol. The van der Waals surface area contributed by atoms with Gasteiger partial charge in [0, 0.05) is 36.6 Å². The van der Waals surface area contributed by atoms with Crippen molar-refractivity contribution < 1.29 is 27.4 Å². The van der Waals surface area contributed by atoms with Crippen LogP contribution >= 0.6 is 11.6 Å². The molecule has 0 radical (unpaired) electrons. The minimum atomic E-state index is -4.84. The molecule has 4 aliphatic rings.